The van der Waals surface area contributed by atoms with Crippen molar-refractivity contribution in [3.8, 4) is 0 Å². The lowest BCUT2D eigenvalue weighted by atomic mass is 10.1. The SMILES string of the molecule is NN1C(=O)NC(c2ccccc2F)C1=O. The van der Waals surface area contributed by atoms with E-state index in [0.29, 0.717) is 5.01 Å². The highest BCUT2D eigenvalue weighted by molar-refractivity contribution is 6.03. The van der Waals surface area contributed by atoms with Crippen molar-refractivity contribution in [2.75, 3.05) is 0 Å². The van der Waals surface area contributed by atoms with Crippen molar-refractivity contribution in [1.82, 2.24) is 10.3 Å². The van der Waals surface area contributed by atoms with Crippen LogP contribution in [0.5, 0.6) is 0 Å². The third-order valence-corrected chi connectivity index (χ3v) is 2.19. The van der Waals surface area contributed by atoms with Crippen LogP contribution in [-0.4, -0.2) is 16.9 Å². The second-order valence-corrected chi connectivity index (χ2v) is 3.11. The minimum atomic E-state index is -1.02. The summed E-state index contributed by atoms with van der Waals surface area (Å²) in [6.07, 6.45) is 0. The number of halogens is 1. The molecule has 5 nitrogen and oxygen atoms in total. The zero-order valence-corrected chi connectivity index (χ0v) is 7.61. The molecule has 2 rings (SSSR count). The molecule has 3 N–H and O–H groups in total. The summed E-state index contributed by atoms with van der Waals surface area (Å²) < 4.78 is 13.3. The molecule has 0 aliphatic carbocycles. The fourth-order valence-electron chi connectivity index (χ4n) is 1.41. The topological polar surface area (TPSA) is 75.4 Å². The van der Waals surface area contributed by atoms with Gasteiger partial charge in [-0.05, 0) is 6.07 Å². The van der Waals surface area contributed by atoms with Crippen LogP contribution in [0.25, 0.3) is 0 Å². The molecule has 0 bridgehead atoms. The van der Waals surface area contributed by atoms with Gasteiger partial charge in [-0.3, -0.25) is 4.79 Å². The molecule has 78 valence electrons. The van der Waals surface area contributed by atoms with Crippen LogP contribution in [0, 0.1) is 5.82 Å². The van der Waals surface area contributed by atoms with Crippen LogP contribution in [-0.2, 0) is 4.79 Å². The number of hydrogen-bond acceptors (Lipinski definition) is 3. The smallest absolute Gasteiger partial charge is 0.320 e. The first-order chi connectivity index (χ1) is 7.11. The number of hydrogen-bond donors (Lipinski definition) is 2. The molecular weight excluding hydrogens is 201 g/mol. The number of nitrogens with two attached hydrogens (primary N) is 1. The number of carbonyl (C=O) groups is 2. The lowest BCUT2D eigenvalue weighted by Gasteiger charge is -2.08. The molecule has 1 aliphatic heterocycles. The molecule has 1 aromatic carbocycles. The maximum atomic E-state index is 13.3. The molecule has 1 atom stereocenters. The average molecular weight is 209 g/mol. The van der Waals surface area contributed by atoms with Gasteiger partial charge in [0.15, 0.2) is 0 Å². The molecule has 1 fully saturated rings. The summed E-state index contributed by atoms with van der Waals surface area (Å²) in [5.74, 6) is 3.94. The van der Waals surface area contributed by atoms with Crippen molar-refractivity contribution < 1.29 is 14.0 Å². The molecule has 1 unspecified atom stereocenters. The molecular formula is C9H8FN3O2. The molecule has 0 aromatic heterocycles. The van der Waals surface area contributed by atoms with E-state index in [-0.39, 0.29) is 5.56 Å². The van der Waals surface area contributed by atoms with Gasteiger partial charge < -0.3 is 5.32 Å². The van der Waals surface area contributed by atoms with Crippen molar-refractivity contribution in [3.05, 3.63) is 35.6 Å². The average Bonchev–Trinajstić information content (AvgIpc) is 2.47. The molecule has 0 spiro atoms. The number of rotatable bonds is 1. The molecule has 1 heterocycles. The van der Waals surface area contributed by atoms with E-state index in [1.54, 1.807) is 6.07 Å². The molecule has 3 amide bonds. The van der Waals surface area contributed by atoms with Gasteiger partial charge in [-0.2, -0.15) is 5.01 Å². The van der Waals surface area contributed by atoms with Crippen LogP contribution < -0.4 is 11.2 Å². The second kappa shape index (κ2) is 3.32. The van der Waals surface area contributed by atoms with Crippen LogP contribution in [0.3, 0.4) is 0 Å². The Kier molecular flexibility index (Phi) is 2.12. The number of nitrogens with zero attached hydrogens (tertiary/aromatic N) is 1. The number of hydrazine groups is 1. The van der Waals surface area contributed by atoms with Crippen LogP contribution in [0.15, 0.2) is 24.3 Å². The number of nitrogens with one attached hydrogen (secondary N) is 1. The van der Waals surface area contributed by atoms with Gasteiger partial charge >= 0.3 is 6.03 Å². The zero-order chi connectivity index (χ0) is 11.0. The van der Waals surface area contributed by atoms with Gasteiger partial charge in [-0.1, -0.05) is 18.2 Å². The van der Waals surface area contributed by atoms with Crippen LogP contribution in [0.4, 0.5) is 9.18 Å². The highest BCUT2D eigenvalue weighted by atomic mass is 19.1. The van der Waals surface area contributed by atoms with Gasteiger partial charge in [0.1, 0.15) is 11.9 Å². The van der Waals surface area contributed by atoms with E-state index >= 15 is 0 Å². The minimum absolute atomic E-state index is 0.115. The van der Waals surface area contributed by atoms with Gasteiger partial charge in [0.05, 0.1) is 0 Å². The zero-order valence-electron chi connectivity index (χ0n) is 7.61. The number of carbonyl (C=O) groups excluding carboxylic acids is 2. The third-order valence-electron chi connectivity index (χ3n) is 2.19. The highest BCUT2D eigenvalue weighted by Crippen LogP contribution is 2.22. The van der Waals surface area contributed by atoms with Gasteiger partial charge in [0.2, 0.25) is 0 Å². The Morgan fingerprint density at radius 2 is 2.00 bits per heavy atom. The molecule has 1 saturated heterocycles. The standard InChI is InChI=1S/C9H8FN3O2/c10-6-4-2-1-3-5(6)7-8(14)13(11)9(15)12-7/h1-4,7H,11H2,(H,12,15). The van der Waals surface area contributed by atoms with Crippen molar-refractivity contribution in [2.45, 2.75) is 6.04 Å². The van der Waals surface area contributed by atoms with Crippen LogP contribution >= 0.6 is 0 Å². The highest BCUT2D eigenvalue weighted by Gasteiger charge is 2.38. The molecule has 1 aliphatic rings. The summed E-state index contributed by atoms with van der Waals surface area (Å²) in [4.78, 5) is 22.4. The molecule has 15 heavy (non-hydrogen) atoms. The fourth-order valence-corrected chi connectivity index (χ4v) is 1.41. The molecule has 0 radical (unpaired) electrons. The Morgan fingerprint density at radius 3 is 2.53 bits per heavy atom. The monoisotopic (exact) mass is 209 g/mol. The van der Waals surface area contributed by atoms with Gasteiger partial charge in [0.25, 0.3) is 5.91 Å². The summed E-state index contributed by atoms with van der Waals surface area (Å²) in [5.41, 5.74) is 0.115. The first kappa shape index (κ1) is 9.60. The summed E-state index contributed by atoms with van der Waals surface area (Å²) in [6, 6.07) is 3.97. The van der Waals surface area contributed by atoms with Gasteiger partial charge in [-0.25, -0.2) is 15.0 Å². The molecule has 6 heteroatoms. The summed E-state index contributed by atoms with van der Waals surface area (Å²) in [5, 5.41) is 2.72. The Labute approximate surface area is 84.6 Å². The summed E-state index contributed by atoms with van der Waals surface area (Å²) in [7, 11) is 0. The van der Waals surface area contributed by atoms with Crippen molar-refractivity contribution >= 4 is 11.9 Å². The van der Waals surface area contributed by atoms with E-state index < -0.39 is 23.8 Å². The Morgan fingerprint density at radius 1 is 1.33 bits per heavy atom. The van der Waals surface area contributed by atoms with Crippen LogP contribution in [0.1, 0.15) is 11.6 Å². The fraction of sp³-hybridized carbons (Fsp3) is 0.111. The Bertz CT molecular complexity index is 435. The van der Waals surface area contributed by atoms with E-state index in [1.807, 2.05) is 0 Å². The maximum absolute atomic E-state index is 13.3. The number of urea groups is 1. The minimum Gasteiger partial charge on any atom is -0.320 e. The lowest BCUT2D eigenvalue weighted by molar-refractivity contribution is -0.127. The largest absolute Gasteiger partial charge is 0.339 e. The Hall–Kier alpha value is -1.95. The van der Waals surface area contributed by atoms with E-state index in [1.165, 1.54) is 18.2 Å². The van der Waals surface area contributed by atoms with Gasteiger partial charge in [0, 0.05) is 5.56 Å². The van der Waals surface area contributed by atoms with E-state index in [4.69, 9.17) is 5.84 Å². The summed E-state index contributed by atoms with van der Waals surface area (Å²) >= 11 is 0. The van der Waals surface area contributed by atoms with Crippen molar-refractivity contribution in [1.29, 1.82) is 0 Å². The van der Waals surface area contributed by atoms with E-state index in [2.05, 4.69) is 5.32 Å². The first-order valence-electron chi connectivity index (χ1n) is 4.25. The molecule has 0 saturated carbocycles. The second-order valence-electron chi connectivity index (χ2n) is 3.11. The normalized spacial score (nSPS) is 20.7. The quantitative estimate of drug-likeness (QED) is 0.396. The number of amides is 3. The lowest BCUT2D eigenvalue weighted by Crippen LogP contribution is -2.37. The van der Waals surface area contributed by atoms with Gasteiger partial charge in [-0.15, -0.1) is 0 Å². The predicted octanol–water partition coefficient (Wildman–Crippen LogP) is 0.292. The third kappa shape index (κ3) is 1.44. The van der Waals surface area contributed by atoms with Crippen LogP contribution in [0.2, 0.25) is 0 Å². The van der Waals surface area contributed by atoms with Crippen molar-refractivity contribution in [2.24, 2.45) is 5.84 Å². The Balaban J connectivity index is 2.38. The summed E-state index contributed by atoms with van der Waals surface area (Å²) in [6.45, 7) is 0. The number of imide groups is 1. The predicted molar refractivity (Wildman–Crippen MR) is 48.7 cm³/mol. The number of benzene rings is 1. The molecule has 1 aromatic rings. The van der Waals surface area contributed by atoms with E-state index in [9.17, 15) is 14.0 Å². The van der Waals surface area contributed by atoms with Crippen molar-refractivity contribution in [3.63, 3.8) is 0 Å². The first-order valence-corrected chi connectivity index (χ1v) is 4.25. The van der Waals surface area contributed by atoms with E-state index in [0.717, 1.165) is 0 Å². The maximum Gasteiger partial charge on any atom is 0.339 e.